The van der Waals surface area contributed by atoms with Gasteiger partial charge in [0, 0.05) is 17.6 Å². The van der Waals surface area contributed by atoms with Crippen LogP contribution in [-0.4, -0.2) is 13.2 Å². The van der Waals surface area contributed by atoms with Crippen LogP contribution in [-0.2, 0) is 13.2 Å². The van der Waals surface area contributed by atoms with Crippen LogP contribution < -0.4 is 14.8 Å². The number of ether oxygens (including phenoxy) is 2. The lowest BCUT2D eigenvalue weighted by atomic mass is 9.48. The van der Waals surface area contributed by atoms with Crippen molar-refractivity contribution >= 4 is 11.6 Å². The molecule has 4 fully saturated rings. The summed E-state index contributed by atoms with van der Waals surface area (Å²) in [7, 11) is 1.71. The third-order valence-electron chi connectivity index (χ3n) is 8.15. The molecular weight excluding hydrogens is 406 g/mol. The van der Waals surface area contributed by atoms with Gasteiger partial charge in [0.05, 0.1) is 7.11 Å². The summed E-state index contributed by atoms with van der Waals surface area (Å²) in [6, 6.07) is 14.6. The molecular formula is C27H34ClNO2. The molecule has 2 aromatic rings. The molecule has 4 heteroatoms. The Kier molecular flexibility index (Phi) is 5.92. The molecule has 6 rings (SSSR count). The van der Waals surface area contributed by atoms with Crippen LogP contribution in [0.15, 0.2) is 42.5 Å². The number of nitrogens with one attached hydrogen (secondary N) is 1. The predicted octanol–water partition coefficient (Wildman–Crippen LogP) is 6.62. The van der Waals surface area contributed by atoms with Crippen molar-refractivity contribution in [2.24, 2.45) is 23.2 Å². The predicted molar refractivity (Wildman–Crippen MR) is 126 cm³/mol. The Morgan fingerprint density at radius 2 is 1.55 bits per heavy atom. The minimum atomic E-state index is 0.494. The summed E-state index contributed by atoms with van der Waals surface area (Å²) in [5.41, 5.74) is 2.86. The highest BCUT2D eigenvalue weighted by Gasteiger charge is 2.52. The highest BCUT2D eigenvalue weighted by molar-refractivity contribution is 6.30. The minimum Gasteiger partial charge on any atom is -0.493 e. The number of hydrogen-bond donors (Lipinski definition) is 1. The van der Waals surface area contributed by atoms with Crippen molar-refractivity contribution in [2.45, 2.75) is 64.6 Å². The highest BCUT2D eigenvalue weighted by atomic mass is 35.5. The van der Waals surface area contributed by atoms with Gasteiger partial charge in [-0.05, 0) is 104 Å². The molecule has 166 valence electrons. The first kappa shape index (κ1) is 21.2. The molecule has 31 heavy (non-hydrogen) atoms. The molecule has 1 atom stereocenters. The number of rotatable bonds is 8. The van der Waals surface area contributed by atoms with Crippen LogP contribution in [0.5, 0.6) is 11.5 Å². The second-order valence-corrected chi connectivity index (χ2v) is 10.7. The van der Waals surface area contributed by atoms with Gasteiger partial charge < -0.3 is 14.8 Å². The molecule has 4 aliphatic carbocycles. The van der Waals surface area contributed by atoms with Crippen LogP contribution in [0, 0.1) is 23.2 Å². The van der Waals surface area contributed by atoms with Crippen LogP contribution in [0.2, 0.25) is 5.02 Å². The standard InChI is InChI=1S/C27H34ClNO2/c1-18(27-13-21-9-22(14-27)11-23(10-21)15-27)29-16-20-5-8-25(26(12-20)30-2)31-17-19-3-6-24(28)7-4-19/h3-8,12,18,21-23,29H,9-11,13-17H2,1-2H3/t18-,21?,22?,23?,27?/m0/s1. The van der Waals surface area contributed by atoms with Crippen LogP contribution >= 0.6 is 11.6 Å². The number of benzene rings is 2. The second kappa shape index (κ2) is 8.67. The lowest BCUT2D eigenvalue weighted by Gasteiger charge is -2.59. The highest BCUT2D eigenvalue weighted by Crippen LogP contribution is 2.61. The van der Waals surface area contributed by atoms with Crippen molar-refractivity contribution in [1.29, 1.82) is 0 Å². The Bertz CT molecular complexity index is 875. The first-order valence-electron chi connectivity index (χ1n) is 11.8. The van der Waals surface area contributed by atoms with E-state index >= 15 is 0 Å². The zero-order valence-electron chi connectivity index (χ0n) is 18.7. The Morgan fingerprint density at radius 1 is 0.935 bits per heavy atom. The first-order chi connectivity index (χ1) is 15.0. The molecule has 0 aliphatic heterocycles. The summed E-state index contributed by atoms with van der Waals surface area (Å²) >= 11 is 5.97. The van der Waals surface area contributed by atoms with Crippen LogP contribution in [0.25, 0.3) is 0 Å². The molecule has 4 aliphatic rings. The van der Waals surface area contributed by atoms with E-state index in [0.29, 0.717) is 18.1 Å². The summed E-state index contributed by atoms with van der Waals surface area (Å²) in [4.78, 5) is 0. The van der Waals surface area contributed by atoms with Gasteiger partial charge in [-0.2, -0.15) is 0 Å². The van der Waals surface area contributed by atoms with E-state index in [0.717, 1.165) is 46.4 Å². The maximum absolute atomic E-state index is 6.01. The molecule has 0 unspecified atom stereocenters. The van der Waals surface area contributed by atoms with E-state index in [1.807, 2.05) is 30.3 Å². The lowest BCUT2D eigenvalue weighted by Crippen LogP contribution is -2.54. The van der Waals surface area contributed by atoms with E-state index in [1.165, 1.54) is 44.1 Å². The van der Waals surface area contributed by atoms with Gasteiger partial charge in [0.25, 0.3) is 0 Å². The van der Waals surface area contributed by atoms with E-state index in [1.54, 1.807) is 7.11 Å². The van der Waals surface area contributed by atoms with Crippen molar-refractivity contribution in [1.82, 2.24) is 5.32 Å². The zero-order valence-corrected chi connectivity index (χ0v) is 19.5. The average Bonchev–Trinajstić information content (AvgIpc) is 2.76. The van der Waals surface area contributed by atoms with Gasteiger partial charge in [0.2, 0.25) is 0 Å². The fraction of sp³-hybridized carbons (Fsp3) is 0.556. The summed E-state index contributed by atoms with van der Waals surface area (Å²) < 4.78 is 11.6. The fourth-order valence-corrected chi connectivity index (χ4v) is 7.00. The van der Waals surface area contributed by atoms with Crippen molar-refractivity contribution in [3.63, 3.8) is 0 Å². The van der Waals surface area contributed by atoms with Crippen molar-refractivity contribution in [3.05, 3.63) is 58.6 Å². The maximum Gasteiger partial charge on any atom is 0.161 e. The molecule has 0 heterocycles. The molecule has 4 bridgehead atoms. The SMILES string of the molecule is COc1cc(CN[C@@H](C)C23CC4CC(CC(C4)C2)C3)ccc1OCc1ccc(Cl)cc1. The molecule has 4 saturated carbocycles. The van der Waals surface area contributed by atoms with E-state index in [4.69, 9.17) is 21.1 Å². The van der Waals surface area contributed by atoms with Crippen LogP contribution in [0.3, 0.4) is 0 Å². The van der Waals surface area contributed by atoms with Gasteiger partial charge in [-0.25, -0.2) is 0 Å². The lowest BCUT2D eigenvalue weighted by molar-refractivity contribution is -0.0706. The number of hydrogen-bond acceptors (Lipinski definition) is 3. The monoisotopic (exact) mass is 439 g/mol. The normalized spacial score (nSPS) is 29.7. The molecule has 0 spiro atoms. The topological polar surface area (TPSA) is 30.5 Å². The average molecular weight is 440 g/mol. The first-order valence-corrected chi connectivity index (χ1v) is 12.2. The molecule has 0 saturated heterocycles. The summed E-state index contributed by atoms with van der Waals surface area (Å²) in [5, 5.41) is 4.62. The molecule has 0 amide bonds. The quantitative estimate of drug-likeness (QED) is 0.501. The van der Waals surface area contributed by atoms with Crippen LogP contribution in [0.1, 0.15) is 56.6 Å². The van der Waals surface area contributed by atoms with Crippen molar-refractivity contribution < 1.29 is 9.47 Å². The van der Waals surface area contributed by atoms with Gasteiger partial charge >= 0.3 is 0 Å². The number of halogens is 1. The van der Waals surface area contributed by atoms with E-state index in [-0.39, 0.29) is 0 Å². The molecule has 2 aromatic carbocycles. The number of methoxy groups -OCH3 is 1. The summed E-state index contributed by atoms with van der Waals surface area (Å²) in [6.07, 6.45) is 8.82. The van der Waals surface area contributed by atoms with E-state index in [2.05, 4.69) is 24.4 Å². The van der Waals surface area contributed by atoms with E-state index in [9.17, 15) is 0 Å². The third-order valence-corrected chi connectivity index (χ3v) is 8.40. The molecule has 3 nitrogen and oxygen atoms in total. The van der Waals surface area contributed by atoms with E-state index < -0.39 is 0 Å². The Labute approximate surface area is 191 Å². The molecule has 0 aromatic heterocycles. The Morgan fingerprint density at radius 3 is 2.16 bits per heavy atom. The Hall–Kier alpha value is -1.71. The molecule has 1 N–H and O–H groups in total. The summed E-state index contributed by atoms with van der Waals surface area (Å²) in [5.74, 6) is 4.54. The van der Waals surface area contributed by atoms with Gasteiger partial charge in [0.15, 0.2) is 11.5 Å². The smallest absolute Gasteiger partial charge is 0.161 e. The molecule has 0 radical (unpaired) electrons. The third kappa shape index (κ3) is 4.45. The second-order valence-electron chi connectivity index (χ2n) is 10.3. The van der Waals surface area contributed by atoms with Gasteiger partial charge in [-0.15, -0.1) is 0 Å². The Balaban J connectivity index is 1.20. The van der Waals surface area contributed by atoms with Crippen LogP contribution in [0.4, 0.5) is 0 Å². The van der Waals surface area contributed by atoms with Crippen molar-refractivity contribution in [2.75, 3.05) is 7.11 Å². The van der Waals surface area contributed by atoms with Gasteiger partial charge in [-0.1, -0.05) is 29.8 Å². The zero-order chi connectivity index (χ0) is 21.4. The summed E-state index contributed by atoms with van der Waals surface area (Å²) in [6.45, 7) is 3.79. The minimum absolute atomic E-state index is 0.494. The van der Waals surface area contributed by atoms with Crippen molar-refractivity contribution in [3.8, 4) is 11.5 Å². The van der Waals surface area contributed by atoms with Gasteiger partial charge in [0.1, 0.15) is 6.61 Å². The largest absolute Gasteiger partial charge is 0.493 e. The van der Waals surface area contributed by atoms with Gasteiger partial charge in [-0.3, -0.25) is 0 Å². The maximum atomic E-state index is 6.01. The fourth-order valence-electron chi connectivity index (χ4n) is 6.88.